The zero-order valence-electron chi connectivity index (χ0n) is 24.1. The minimum Gasteiger partial charge on any atom is -0.492 e. The highest BCUT2D eigenvalue weighted by molar-refractivity contribution is 5.92. The average molecular weight is 528 g/mol. The van der Waals surface area contributed by atoms with E-state index >= 15 is 0 Å². The van der Waals surface area contributed by atoms with Crippen LogP contribution in [0.15, 0.2) is 66.8 Å². The van der Waals surface area contributed by atoms with E-state index in [4.69, 9.17) is 9.47 Å². The van der Waals surface area contributed by atoms with Crippen molar-refractivity contribution in [1.29, 1.82) is 5.26 Å². The van der Waals surface area contributed by atoms with Gasteiger partial charge in [0.1, 0.15) is 17.6 Å². The van der Waals surface area contributed by atoms with E-state index in [1.54, 1.807) is 18.2 Å². The standard InChI is InChI=1S/C35H45NO3/c1-4-7-9-10-11-17-25-38-32-23-22-28(26-29(32)27-36)34(37)39-33-21-14-13-20-31(33)35(6-3)24-16-15-19-30(35)18-12-8-5-2/h13-16,19-24,26,30H,4-12,17-18,25H2,1-3H3. The molecular formula is C35H45NO3. The molecule has 2 aromatic rings. The molecule has 4 heteroatoms. The van der Waals surface area contributed by atoms with Gasteiger partial charge >= 0.3 is 5.97 Å². The average Bonchev–Trinajstić information content (AvgIpc) is 2.97. The summed E-state index contributed by atoms with van der Waals surface area (Å²) in [5.41, 5.74) is 1.50. The van der Waals surface area contributed by atoms with Crippen LogP contribution in [0.1, 0.15) is 113 Å². The first-order valence-electron chi connectivity index (χ1n) is 14.9. The number of benzene rings is 2. The van der Waals surface area contributed by atoms with Gasteiger partial charge in [0, 0.05) is 11.0 Å². The van der Waals surface area contributed by atoms with Crippen molar-refractivity contribution < 1.29 is 14.3 Å². The summed E-state index contributed by atoms with van der Waals surface area (Å²) in [5, 5.41) is 9.72. The van der Waals surface area contributed by atoms with Crippen LogP contribution in [0.5, 0.6) is 11.5 Å². The Kier molecular flexibility index (Phi) is 12.4. The quantitative estimate of drug-likeness (QED) is 0.124. The van der Waals surface area contributed by atoms with E-state index in [2.05, 4.69) is 57.2 Å². The smallest absolute Gasteiger partial charge is 0.343 e. The predicted octanol–water partition coefficient (Wildman–Crippen LogP) is 9.49. The van der Waals surface area contributed by atoms with E-state index in [0.717, 1.165) is 31.2 Å². The molecule has 0 bridgehead atoms. The molecule has 0 saturated heterocycles. The van der Waals surface area contributed by atoms with Crippen molar-refractivity contribution in [1.82, 2.24) is 0 Å². The second-order valence-corrected chi connectivity index (χ2v) is 10.6. The first kappa shape index (κ1) is 30.2. The van der Waals surface area contributed by atoms with Gasteiger partial charge in [0.05, 0.1) is 17.7 Å². The molecule has 208 valence electrons. The van der Waals surface area contributed by atoms with Gasteiger partial charge < -0.3 is 9.47 Å². The summed E-state index contributed by atoms with van der Waals surface area (Å²) in [4.78, 5) is 13.3. The van der Waals surface area contributed by atoms with Gasteiger partial charge in [0.25, 0.3) is 0 Å². The van der Waals surface area contributed by atoms with Crippen molar-refractivity contribution in [2.75, 3.05) is 6.61 Å². The van der Waals surface area contributed by atoms with E-state index in [1.807, 2.05) is 18.2 Å². The first-order valence-corrected chi connectivity index (χ1v) is 14.9. The van der Waals surface area contributed by atoms with Crippen LogP contribution in [0.25, 0.3) is 0 Å². The molecule has 0 saturated carbocycles. The van der Waals surface area contributed by atoms with Gasteiger partial charge in [-0.25, -0.2) is 4.79 Å². The van der Waals surface area contributed by atoms with Crippen LogP contribution in [0.2, 0.25) is 0 Å². The number of nitriles is 1. The maximum Gasteiger partial charge on any atom is 0.343 e. The number of hydrogen-bond acceptors (Lipinski definition) is 4. The zero-order chi connectivity index (χ0) is 27.9. The van der Waals surface area contributed by atoms with Crippen molar-refractivity contribution in [2.24, 2.45) is 5.92 Å². The predicted molar refractivity (Wildman–Crippen MR) is 159 cm³/mol. The fourth-order valence-corrected chi connectivity index (χ4v) is 5.58. The molecule has 1 aliphatic rings. The fraction of sp³-hybridized carbons (Fsp3) is 0.486. The van der Waals surface area contributed by atoms with Gasteiger partial charge in [-0.2, -0.15) is 5.26 Å². The first-order chi connectivity index (χ1) is 19.1. The van der Waals surface area contributed by atoms with Crippen molar-refractivity contribution >= 4 is 5.97 Å². The summed E-state index contributed by atoms with van der Waals surface area (Å²) < 4.78 is 11.9. The number of allylic oxidation sites excluding steroid dienone is 4. The highest BCUT2D eigenvalue weighted by atomic mass is 16.5. The van der Waals surface area contributed by atoms with E-state index in [-0.39, 0.29) is 5.41 Å². The SMILES string of the molecule is CCCCCCCCOc1ccc(C(=O)Oc2ccccc2C2(CC)C=CC=CC2CCCCC)cc1C#N. The third-order valence-electron chi connectivity index (χ3n) is 7.90. The van der Waals surface area contributed by atoms with Crippen LogP contribution < -0.4 is 9.47 Å². The molecule has 2 unspecified atom stereocenters. The lowest BCUT2D eigenvalue weighted by Gasteiger charge is -2.39. The Labute approximate surface area is 235 Å². The van der Waals surface area contributed by atoms with Gasteiger partial charge in [-0.05, 0) is 49.4 Å². The summed E-state index contributed by atoms with van der Waals surface area (Å²) in [7, 11) is 0. The van der Waals surface area contributed by atoms with Gasteiger partial charge in [0.15, 0.2) is 0 Å². The second-order valence-electron chi connectivity index (χ2n) is 10.6. The number of rotatable bonds is 16. The van der Waals surface area contributed by atoms with Gasteiger partial charge in [0.2, 0.25) is 0 Å². The molecule has 2 aromatic carbocycles. The highest BCUT2D eigenvalue weighted by Crippen LogP contribution is 2.46. The minimum atomic E-state index is -0.467. The molecule has 39 heavy (non-hydrogen) atoms. The number of carbonyl (C=O) groups is 1. The molecule has 3 rings (SSSR count). The minimum absolute atomic E-state index is 0.231. The maximum absolute atomic E-state index is 13.3. The van der Waals surface area contributed by atoms with Crippen LogP contribution >= 0.6 is 0 Å². The molecule has 0 radical (unpaired) electrons. The molecule has 0 heterocycles. The molecular weight excluding hydrogens is 482 g/mol. The third kappa shape index (κ3) is 8.09. The lowest BCUT2D eigenvalue weighted by Crippen LogP contribution is -2.34. The molecule has 4 nitrogen and oxygen atoms in total. The Balaban J connectivity index is 1.74. The van der Waals surface area contributed by atoms with Crippen LogP contribution in [-0.2, 0) is 5.41 Å². The number of unbranched alkanes of at least 4 members (excludes halogenated alkanes) is 7. The Morgan fingerprint density at radius 1 is 0.897 bits per heavy atom. The Morgan fingerprint density at radius 3 is 2.41 bits per heavy atom. The number of carbonyl (C=O) groups excluding carboxylic acids is 1. The van der Waals surface area contributed by atoms with Crippen LogP contribution in [-0.4, -0.2) is 12.6 Å². The molecule has 2 atom stereocenters. The fourth-order valence-electron chi connectivity index (χ4n) is 5.58. The Morgan fingerprint density at radius 2 is 1.64 bits per heavy atom. The number of nitrogens with zero attached hydrogens (tertiary/aromatic N) is 1. The van der Waals surface area contributed by atoms with Gasteiger partial charge in [-0.15, -0.1) is 0 Å². The number of esters is 1. The summed E-state index contributed by atoms with van der Waals surface area (Å²) in [6.45, 7) is 7.21. The monoisotopic (exact) mass is 527 g/mol. The largest absolute Gasteiger partial charge is 0.492 e. The summed E-state index contributed by atoms with van der Waals surface area (Å²) >= 11 is 0. The molecule has 0 fully saturated rings. The molecule has 0 spiro atoms. The van der Waals surface area contributed by atoms with E-state index < -0.39 is 5.97 Å². The lowest BCUT2D eigenvalue weighted by atomic mass is 9.64. The Bertz CT molecular complexity index is 1160. The molecule has 0 amide bonds. The van der Waals surface area contributed by atoms with Crippen LogP contribution in [0.3, 0.4) is 0 Å². The van der Waals surface area contributed by atoms with Crippen LogP contribution in [0.4, 0.5) is 0 Å². The summed E-state index contributed by atoms with van der Waals surface area (Å²) in [5.74, 6) is 0.964. The highest BCUT2D eigenvalue weighted by Gasteiger charge is 2.38. The second kappa shape index (κ2) is 15.9. The van der Waals surface area contributed by atoms with E-state index in [0.29, 0.717) is 35.2 Å². The topological polar surface area (TPSA) is 59.3 Å². The van der Waals surface area contributed by atoms with Crippen molar-refractivity contribution in [3.63, 3.8) is 0 Å². The van der Waals surface area contributed by atoms with E-state index in [9.17, 15) is 10.1 Å². The lowest BCUT2D eigenvalue weighted by molar-refractivity contribution is 0.0730. The molecule has 0 N–H and O–H groups in total. The molecule has 1 aliphatic carbocycles. The van der Waals surface area contributed by atoms with Crippen molar-refractivity contribution in [3.05, 3.63) is 83.5 Å². The van der Waals surface area contributed by atoms with E-state index in [1.165, 1.54) is 44.9 Å². The third-order valence-corrected chi connectivity index (χ3v) is 7.90. The number of para-hydroxylation sites is 1. The Hall–Kier alpha value is -3.32. The summed E-state index contributed by atoms with van der Waals surface area (Å²) in [6, 6.07) is 15.0. The molecule has 0 aliphatic heterocycles. The zero-order valence-corrected chi connectivity index (χ0v) is 24.1. The van der Waals surface area contributed by atoms with Crippen molar-refractivity contribution in [3.8, 4) is 17.6 Å². The number of hydrogen-bond donors (Lipinski definition) is 0. The van der Waals surface area contributed by atoms with Gasteiger partial charge in [-0.3, -0.25) is 0 Å². The molecule has 0 aromatic heterocycles. The summed E-state index contributed by atoms with van der Waals surface area (Å²) in [6.07, 6.45) is 21.5. The van der Waals surface area contributed by atoms with Gasteiger partial charge in [-0.1, -0.05) is 115 Å². The van der Waals surface area contributed by atoms with Crippen molar-refractivity contribution in [2.45, 2.75) is 96.8 Å². The number of ether oxygens (including phenoxy) is 2. The normalized spacial score (nSPS) is 18.1. The van der Waals surface area contributed by atoms with Crippen LogP contribution in [0, 0.1) is 17.2 Å². The maximum atomic E-state index is 13.3.